The van der Waals surface area contributed by atoms with Crippen LogP contribution in [0.3, 0.4) is 0 Å². The molecule has 3 heteroatoms. The van der Waals surface area contributed by atoms with Crippen molar-refractivity contribution in [3.63, 3.8) is 0 Å². The van der Waals surface area contributed by atoms with E-state index in [2.05, 4.69) is 12.2 Å². The van der Waals surface area contributed by atoms with Crippen molar-refractivity contribution >= 4 is 5.91 Å². The van der Waals surface area contributed by atoms with Gasteiger partial charge in [0.05, 0.1) is 5.54 Å². The highest BCUT2D eigenvalue weighted by atomic mass is 16.2. The summed E-state index contributed by atoms with van der Waals surface area (Å²) in [7, 11) is 0. The van der Waals surface area contributed by atoms with E-state index in [1.807, 2.05) is 6.92 Å². The maximum Gasteiger partial charge on any atom is 0.240 e. The van der Waals surface area contributed by atoms with Gasteiger partial charge in [0, 0.05) is 6.04 Å². The van der Waals surface area contributed by atoms with Crippen LogP contribution in [0.5, 0.6) is 0 Å². The molecule has 0 aliphatic heterocycles. The standard InChI is InChI=1S/C15H28N2O/c1-3-13(11-7-5-4-6-8-11)17-14(18)15(2,16)12-9-10-12/h11-13H,3-10,16H2,1-2H3,(H,17,18). The molecule has 0 aromatic heterocycles. The number of nitrogens with two attached hydrogens (primary N) is 1. The molecule has 0 aromatic rings. The molecule has 0 saturated heterocycles. The van der Waals surface area contributed by atoms with Gasteiger partial charge >= 0.3 is 0 Å². The summed E-state index contributed by atoms with van der Waals surface area (Å²) in [5, 5.41) is 3.23. The van der Waals surface area contributed by atoms with Crippen LogP contribution in [0.2, 0.25) is 0 Å². The quantitative estimate of drug-likeness (QED) is 0.790. The highest BCUT2D eigenvalue weighted by Gasteiger charge is 2.44. The molecule has 2 aliphatic rings. The van der Waals surface area contributed by atoms with Gasteiger partial charge in [-0.1, -0.05) is 26.2 Å². The number of carbonyl (C=O) groups excluding carboxylic acids is 1. The molecule has 2 rings (SSSR count). The predicted octanol–water partition coefficient (Wildman–Crippen LogP) is 2.59. The number of carbonyl (C=O) groups is 1. The minimum atomic E-state index is -0.651. The van der Waals surface area contributed by atoms with Crippen molar-refractivity contribution in [2.75, 3.05) is 0 Å². The Kier molecular flexibility index (Phi) is 4.31. The number of nitrogens with one attached hydrogen (secondary N) is 1. The molecule has 2 unspecified atom stereocenters. The summed E-state index contributed by atoms with van der Waals surface area (Å²) in [4.78, 5) is 12.3. The average Bonchev–Trinajstić information content (AvgIpc) is 3.21. The van der Waals surface area contributed by atoms with E-state index in [-0.39, 0.29) is 5.91 Å². The summed E-state index contributed by atoms with van der Waals surface area (Å²) < 4.78 is 0. The van der Waals surface area contributed by atoms with E-state index in [0.29, 0.717) is 17.9 Å². The molecule has 2 fully saturated rings. The van der Waals surface area contributed by atoms with E-state index in [0.717, 1.165) is 19.3 Å². The normalized spacial score (nSPS) is 26.4. The third kappa shape index (κ3) is 3.05. The number of amides is 1. The summed E-state index contributed by atoms with van der Waals surface area (Å²) in [5.74, 6) is 1.14. The summed E-state index contributed by atoms with van der Waals surface area (Å²) >= 11 is 0. The Hall–Kier alpha value is -0.570. The summed E-state index contributed by atoms with van der Waals surface area (Å²) in [6.07, 6.45) is 9.78. The summed E-state index contributed by atoms with van der Waals surface area (Å²) in [6.45, 7) is 4.07. The Morgan fingerprint density at radius 2 is 1.89 bits per heavy atom. The van der Waals surface area contributed by atoms with E-state index in [1.54, 1.807) is 0 Å². The maximum atomic E-state index is 12.3. The Balaban J connectivity index is 1.90. The zero-order chi connectivity index (χ0) is 13.2. The van der Waals surface area contributed by atoms with E-state index in [4.69, 9.17) is 5.73 Å². The van der Waals surface area contributed by atoms with Crippen LogP contribution in [0.1, 0.15) is 65.2 Å². The molecule has 2 aliphatic carbocycles. The fourth-order valence-electron chi connectivity index (χ4n) is 3.28. The van der Waals surface area contributed by atoms with Gasteiger partial charge in [0.25, 0.3) is 0 Å². The smallest absolute Gasteiger partial charge is 0.240 e. The van der Waals surface area contributed by atoms with Crippen LogP contribution in [-0.4, -0.2) is 17.5 Å². The fraction of sp³-hybridized carbons (Fsp3) is 0.933. The van der Waals surface area contributed by atoms with Crippen LogP contribution in [0, 0.1) is 11.8 Å². The molecule has 104 valence electrons. The largest absolute Gasteiger partial charge is 0.352 e. The zero-order valence-corrected chi connectivity index (χ0v) is 11.9. The molecular formula is C15H28N2O. The molecule has 0 bridgehead atoms. The Labute approximate surface area is 111 Å². The van der Waals surface area contributed by atoms with E-state index >= 15 is 0 Å². The van der Waals surface area contributed by atoms with Crippen molar-refractivity contribution in [2.45, 2.75) is 76.8 Å². The minimum absolute atomic E-state index is 0.0717. The van der Waals surface area contributed by atoms with Crippen LogP contribution >= 0.6 is 0 Å². The van der Waals surface area contributed by atoms with E-state index in [1.165, 1.54) is 32.1 Å². The van der Waals surface area contributed by atoms with Crippen LogP contribution in [0.4, 0.5) is 0 Å². The number of rotatable bonds is 5. The lowest BCUT2D eigenvalue weighted by Crippen LogP contribution is -2.56. The second-order valence-corrected chi connectivity index (χ2v) is 6.44. The molecule has 0 aromatic carbocycles. The van der Waals surface area contributed by atoms with E-state index < -0.39 is 5.54 Å². The van der Waals surface area contributed by atoms with Gasteiger partial charge in [-0.25, -0.2) is 0 Å². The van der Waals surface area contributed by atoms with Gasteiger partial charge < -0.3 is 11.1 Å². The van der Waals surface area contributed by atoms with Crippen LogP contribution in [0.15, 0.2) is 0 Å². The van der Waals surface area contributed by atoms with Crippen molar-refractivity contribution in [3.05, 3.63) is 0 Å². The monoisotopic (exact) mass is 252 g/mol. The number of hydrogen-bond acceptors (Lipinski definition) is 2. The Morgan fingerprint density at radius 3 is 2.39 bits per heavy atom. The molecule has 3 nitrogen and oxygen atoms in total. The van der Waals surface area contributed by atoms with Gasteiger partial charge in [0.2, 0.25) is 5.91 Å². The predicted molar refractivity (Wildman–Crippen MR) is 74.1 cm³/mol. The lowest BCUT2D eigenvalue weighted by molar-refractivity contribution is -0.127. The minimum Gasteiger partial charge on any atom is -0.352 e. The van der Waals surface area contributed by atoms with Crippen LogP contribution in [-0.2, 0) is 4.79 Å². The van der Waals surface area contributed by atoms with Gasteiger partial charge in [-0.05, 0) is 50.9 Å². The molecule has 2 atom stereocenters. The van der Waals surface area contributed by atoms with Gasteiger partial charge in [0.15, 0.2) is 0 Å². The van der Waals surface area contributed by atoms with Crippen molar-refractivity contribution in [3.8, 4) is 0 Å². The summed E-state index contributed by atoms with van der Waals surface area (Å²) in [6, 6.07) is 0.333. The first kappa shape index (κ1) is 13.9. The highest BCUT2D eigenvalue weighted by Crippen LogP contribution is 2.38. The molecular weight excluding hydrogens is 224 g/mol. The zero-order valence-electron chi connectivity index (χ0n) is 11.9. The highest BCUT2D eigenvalue weighted by molar-refractivity contribution is 5.86. The lowest BCUT2D eigenvalue weighted by Gasteiger charge is -2.33. The fourth-order valence-corrected chi connectivity index (χ4v) is 3.28. The lowest BCUT2D eigenvalue weighted by atomic mass is 9.82. The second kappa shape index (κ2) is 5.60. The Morgan fingerprint density at radius 1 is 1.28 bits per heavy atom. The third-order valence-corrected chi connectivity index (χ3v) is 4.89. The molecule has 2 saturated carbocycles. The average molecular weight is 252 g/mol. The van der Waals surface area contributed by atoms with Gasteiger partial charge in [-0.2, -0.15) is 0 Å². The first-order chi connectivity index (χ1) is 8.55. The van der Waals surface area contributed by atoms with E-state index in [9.17, 15) is 4.79 Å². The molecule has 3 N–H and O–H groups in total. The first-order valence-corrected chi connectivity index (χ1v) is 7.65. The second-order valence-electron chi connectivity index (χ2n) is 6.44. The molecule has 18 heavy (non-hydrogen) atoms. The summed E-state index contributed by atoms with van der Waals surface area (Å²) in [5.41, 5.74) is 5.54. The molecule has 0 heterocycles. The van der Waals surface area contributed by atoms with Crippen LogP contribution in [0.25, 0.3) is 0 Å². The van der Waals surface area contributed by atoms with Gasteiger partial charge in [-0.3, -0.25) is 4.79 Å². The van der Waals surface area contributed by atoms with Crippen molar-refractivity contribution in [1.29, 1.82) is 0 Å². The molecule has 0 spiro atoms. The van der Waals surface area contributed by atoms with Crippen LogP contribution < -0.4 is 11.1 Å². The van der Waals surface area contributed by atoms with Crippen molar-refractivity contribution in [1.82, 2.24) is 5.32 Å². The van der Waals surface area contributed by atoms with Crippen molar-refractivity contribution in [2.24, 2.45) is 17.6 Å². The topological polar surface area (TPSA) is 55.1 Å². The van der Waals surface area contributed by atoms with Gasteiger partial charge in [-0.15, -0.1) is 0 Å². The SMILES string of the molecule is CCC(NC(=O)C(C)(N)C1CC1)C1CCCCC1. The Bertz CT molecular complexity index is 291. The van der Waals surface area contributed by atoms with Gasteiger partial charge in [0.1, 0.15) is 0 Å². The first-order valence-electron chi connectivity index (χ1n) is 7.65. The maximum absolute atomic E-state index is 12.3. The molecule has 1 amide bonds. The number of hydrogen-bond donors (Lipinski definition) is 2. The third-order valence-electron chi connectivity index (χ3n) is 4.89. The molecule has 0 radical (unpaired) electrons. The van der Waals surface area contributed by atoms with Crippen molar-refractivity contribution < 1.29 is 4.79 Å².